The van der Waals surface area contributed by atoms with Crippen LogP contribution in [0.5, 0.6) is 5.75 Å². The lowest BCUT2D eigenvalue weighted by Gasteiger charge is -2.25. The minimum atomic E-state index is 0.147. The smallest absolute Gasteiger partial charge is 0.253 e. The number of benzene rings is 2. The number of nitrogens with zero attached hydrogens (tertiary/aromatic N) is 1. The number of rotatable bonds is 3. The lowest BCUT2D eigenvalue weighted by molar-refractivity contribution is 0.0754. The summed E-state index contributed by atoms with van der Waals surface area (Å²) in [7, 11) is 1.68. The van der Waals surface area contributed by atoms with E-state index in [0.717, 1.165) is 47.2 Å². The van der Waals surface area contributed by atoms with Gasteiger partial charge in [0.2, 0.25) is 0 Å². The van der Waals surface area contributed by atoms with E-state index >= 15 is 0 Å². The zero-order valence-electron chi connectivity index (χ0n) is 13.9. The number of methoxy groups -OCH3 is 1. The van der Waals surface area contributed by atoms with E-state index in [0.29, 0.717) is 5.92 Å². The standard InChI is InChI=1S/C20H22INO2/c1-24-19-10-8-15(9-11-19)17-5-2-3-12-22(14-17)20(23)16-6-4-7-18(21)13-16/h4,6-11,13,17H,2-3,5,12,14H2,1H3. The number of hydrogen-bond donors (Lipinski definition) is 0. The van der Waals surface area contributed by atoms with Gasteiger partial charge < -0.3 is 9.64 Å². The van der Waals surface area contributed by atoms with Crippen molar-refractivity contribution in [2.75, 3.05) is 20.2 Å². The van der Waals surface area contributed by atoms with Gasteiger partial charge in [0.25, 0.3) is 5.91 Å². The van der Waals surface area contributed by atoms with Crippen LogP contribution >= 0.6 is 22.6 Å². The summed E-state index contributed by atoms with van der Waals surface area (Å²) in [5.74, 6) is 1.42. The summed E-state index contributed by atoms with van der Waals surface area (Å²) in [6, 6.07) is 16.1. The highest BCUT2D eigenvalue weighted by Crippen LogP contribution is 2.28. The van der Waals surface area contributed by atoms with E-state index in [-0.39, 0.29) is 5.91 Å². The molecule has 2 aromatic rings. The minimum absolute atomic E-state index is 0.147. The van der Waals surface area contributed by atoms with Crippen molar-refractivity contribution in [3.05, 3.63) is 63.2 Å². The van der Waals surface area contributed by atoms with Crippen molar-refractivity contribution >= 4 is 28.5 Å². The summed E-state index contributed by atoms with van der Waals surface area (Å²) in [4.78, 5) is 14.9. The van der Waals surface area contributed by atoms with Gasteiger partial charge in [-0.2, -0.15) is 0 Å². The van der Waals surface area contributed by atoms with Crippen LogP contribution in [0.15, 0.2) is 48.5 Å². The molecule has 0 radical (unpaired) electrons. The third-order valence-electron chi connectivity index (χ3n) is 4.62. The Morgan fingerprint density at radius 1 is 1.17 bits per heavy atom. The fraction of sp³-hybridized carbons (Fsp3) is 0.350. The van der Waals surface area contributed by atoms with Crippen molar-refractivity contribution in [3.8, 4) is 5.75 Å². The summed E-state index contributed by atoms with van der Waals surface area (Å²) in [5, 5.41) is 0. The molecule has 4 heteroatoms. The van der Waals surface area contributed by atoms with Gasteiger partial charge in [-0.3, -0.25) is 4.79 Å². The highest BCUT2D eigenvalue weighted by molar-refractivity contribution is 14.1. The molecule has 1 fully saturated rings. The average molecular weight is 435 g/mol. The lowest BCUT2D eigenvalue weighted by Crippen LogP contribution is -2.34. The molecule has 24 heavy (non-hydrogen) atoms. The second-order valence-electron chi connectivity index (χ2n) is 6.23. The first-order valence-corrected chi connectivity index (χ1v) is 9.44. The van der Waals surface area contributed by atoms with Crippen LogP contribution in [0.3, 0.4) is 0 Å². The Kier molecular flexibility index (Phi) is 5.76. The Hall–Kier alpha value is -1.56. The van der Waals surface area contributed by atoms with Gasteiger partial charge in [-0.05, 0) is 71.3 Å². The van der Waals surface area contributed by atoms with Crippen molar-refractivity contribution in [3.63, 3.8) is 0 Å². The quantitative estimate of drug-likeness (QED) is 0.654. The summed E-state index contributed by atoms with van der Waals surface area (Å²) >= 11 is 2.25. The van der Waals surface area contributed by atoms with Gasteiger partial charge in [-0.15, -0.1) is 0 Å². The highest BCUT2D eigenvalue weighted by Gasteiger charge is 2.24. The molecule has 1 unspecified atom stereocenters. The molecule has 0 aromatic heterocycles. The third-order valence-corrected chi connectivity index (χ3v) is 5.29. The first-order chi connectivity index (χ1) is 11.7. The number of amides is 1. The van der Waals surface area contributed by atoms with E-state index in [1.807, 2.05) is 41.3 Å². The predicted molar refractivity (Wildman–Crippen MR) is 105 cm³/mol. The molecule has 1 atom stereocenters. The zero-order valence-corrected chi connectivity index (χ0v) is 16.0. The van der Waals surface area contributed by atoms with E-state index in [4.69, 9.17) is 4.74 Å². The second kappa shape index (κ2) is 8.01. The van der Waals surface area contributed by atoms with Crippen LogP contribution in [0.2, 0.25) is 0 Å². The topological polar surface area (TPSA) is 29.5 Å². The molecule has 1 saturated heterocycles. The van der Waals surface area contributed by atoms with Gasteiger partial charge in [0.05, 0.1) is 7.11 Å². The van der Waals surface area contributed by atoms with Crippen molar-refractivity contribution in [2.24, 2.45) is 0 Å². The van der Waals surface area contributed by atoms with Crippen LogP contribution in [-0.4, -0.2) is 31.0 Å². The minimum Gasteiger partial charge on any atom is -0.497 e. The molecule has 2 aromatic carbocycles. The second-order valence-corrected chi connectivity index (χ2v) is 7.47. The summed E-state index contributed by atoms with van der Waals surface area (Å²) < 4.78 is 6.34. The summed E-state index contributed by atoms with van der Waals surface area (Å²) in [5.41, 5.74) is 2.08. The Bertz CT molecular complexity index is 699. The maximum Gasteiger partial charge on any atom is 0.253 e. The van der Waals surface area contributed by atoms with E-state index in [1.165, 1.54) is 5.56 Å². The first kappa shape index (κ1) is 17.3. The molecule has 1 aliphatic heterocycles. The number of likely N-dealkylation sites (tertiary alicyclic amines) is 1. The Morgan fingerprint density at radius 3 is 2.67 bits per heavy atom. The number of ether oxygens (including phenoxy) is 1. The molecule has 1 heterocycles. The highest BCUT2D eigenvalue weighted by atomic mass is 127. The van der Waals surface area contributed by atoms with E-state index in [1.54, 1.807) is 7.11 Å². The van der Waals surface area contributed by atoms with Gasteiger partial charge >= 0.3 is 0 Å². The number of halogens is 1. The normalized spacial score (nSPS) is 18.1. The van der Waals surface area contributed by atoms with Gasteiger partial charge in [0, 0.05) is 28.1 Å². The molecule has 0 spiro atoms. The zero-order chi connectivity index (χ0) is 16.9. The van der Waals surface area contributed by atoms with Crippen LogP contribution in [-0.2, 0) is 0 Å². The van der Waals surface area contributed by atoms with Crippen LogP contribution in [0.1, 0.15) is 41.1 Å². The maximum atomic E-state index is 12.9. The molecular weight excluding hydrogens is 413 g/mol. The van der Waals surface area contributed by atoms with Crippen LogP contribution < -0.4 is 4.74 Å². The summed E-state index contributed by atoms with van der Waals surface area (Å²) in [6.45, 7) is 1.63. The lowest BCUT2D eigenvalue weighted by atomic mass is 9.94. The molecule has 0 bridgehead atoms. The Morgan fingerprint density at radius 2 is 1.96 bits per heavy atom. The fourth-order valence-electron chi connectivity index (χ4n) is 3.28. The van der Waals surface area contributed by atoms with Gasteiger partial charge in [0.1, 0.15) is 5.75 Å². The van der Waals surface area contributed by atoms with Crippen molar-refractivity contribution in [1.29, 1.82) is 0 Å². The molecule has 1 aliphatic rings. The van der Waals surface area contributed by atoms with Gasteiger partial charge in [-0.25, -0.2) is 0 Å². The molecule has 3 rings (SSSR count). The first-order valence-electron chi connectivity index (χ1n) is 8.36. The van der Waals surface area contributed by atoms with E-state index in [9.17, 15) is 4.79 Å². The molecular formula is C20H22INO2. The monoisotopic (exact) mass is 435 g/mol. The molecule has 1 amide bonds. The molecule has 3 nitrogen and oxygen atoms in total. The fourth-order valence-corrected chi connectivity index (χ4v) is 3.82. The van der Waals surface area contributed by atoms with Crippen LogP contribution in [0.25, 0.3) is 0 Å². The molecule has 126 valence electrons. The average Bonchev–Trinajstić information content (AvgIpc) is 2.87. The predicted octanol–water partition coefficient (Wildman–Crippen LogP) is 4.71. The Balaban J connectivity index is 1.77. The third kappa shape index (κ3) is 4.09. The van der Waals surface area contributed by atoms with Crippen molar-refractivity contribution < 1.29 is 9.53 Å². The molecule has 0 N–H and O–H groups in total. The maximum absolute atomic E-state index is 12.9. The van der Waals surface area contributed by atoms with Gasteiger partial charge in [0.15, 0.2) is 0 Å². The van der Waals surface area contributed by atoms with E-state index < -0.39 is 0 Å². The largest absolute Gasteiger partial charge is 0.497 e. The number of carbonyl (C=O) groups is 1. The Labute approximate surface area is 157 Å². The van der Waals surface area contributed by atoms with Crippen molar-refractivity contribution in [2.45, 2.75) is 25.2 Å². The summed E-state index contributed by atoms with van der Waals surface area (Å²) in [6.07, 6.45) is 3.36. The number of carbonyl (C=O) groups excluding carboxylic acids is 1. The molecule has 0 aliphatic carbocycles. The van der Waals surface area contributed by atoms with Crippen molar-refractivity contribution in [1.82, 2.24) is 4.90 Å². The van der Waals surface area contributed by atoms with Crippen LogP contribution in [0.4, 0.5) is 0 Å². The van der Waals surface area contributed by atoms with Gasteiger partial charge in [-0.1, -0.05) is 24.6 Å². The number of hydrogen-bond acceptors (Lipinski definition) is 2. The van der Waals surface area contributed by atoms with E-state index in [2.05, 4.69) is 34.7 Å². The van der Waals surface area contributed by atoms with Crippen LogP contribution in [0, 0.1) is 3.57 Å². The molecule has 0 saturated carbocycles. The SMILES string of the molecule is COc1ccc(C2CCCCN(C(=O)c3cccc(I)c3)C2)cc1.